The normalized spacial score (nSPS) is 13.8. The van der Waals surface area contributed by atoms with Crippen LogP contribution in [0, 0.1) is 5.82 Å². The van der Waals surface area contributed by atoms with E-state index < -0.39 is 5.82 Å². The summed E-state index contributed by atoms with van der Waals surface area (Å²) in [6, 6.07) is 9.91. The zero-order chi connectivity index (χ0) is 13.6. The Morgan fingerprint density at radius 3 is 2.74 bits per heavy atom. The van der Waals surface area contributed by atoms with Gasteiger partial charge >= 0.3 is 0 Å². The predicted octanol–water partition coefficient (Wildman–Crippen LogP) is 3.93. The number of carbonyl (C=O) groups excluding carboxylic acids is 1. The van der Waals surface area contributed by atoms with Crippen LogP contribution in [0.5, 0.6) is 0 Å². The summed E-state index contributed by atoms with van der Waals surface area (Å²) in [6.45, 7) is 0.362. The molecule has 3 rings (SSSR count). The standard InChI is InChI=1S/C14H9ClFNOS/c15-10-5-11(16)12(6-13(10)19)17-7-8-3-1-2-4-9(8)14(17)18/h1-6,19H,7H2. The van der Waals surface area contributed by atoms with Crippen molar-refractivity contribution in [3.05, 3.63) is 58.4 Å². The molecule has 0 radical (unpaired) electrons. The van der Waals surface area contributed by atoms with Crippen molar-refractivity contribution in [2.24, 2.45) is 0 Å². The lowest BCUT2D eigenvalue weighted by molar-refractivity contribution is 0.0996. The van der Waals surface area contributed by atoms with Gasteiger partial charge in [0.15, 0.2) is 0 Å². The highest BCUT2D eigenvalue weighted by molar-refractivity contribution is 7.80. The number of fused-ring (bicyclic) bond motifs is 1. The van der Waals surface area contributed by atoms with Crippen LogP contribution in [0.4, 0.5) is 10.1 Å². The number of carbonyl (C=O) groups is 1. The van der Waals surface area contributed by atoms with E-state index in [1.165, 1.54) is 17.0 Å². The molecule has 0 atom stereocenters. The first kappa shape index (κ1) is 12.5. The van der Waals surface area contributed by atoms with Gasteiger partial charge in [-0.2, -0.15) is 0 Å². The molecule has 96 valence electrons. The van der Waals surface area contributed by atoms with Gasteiger partial charge in [-0.15, -0.1) is 12.6 Å². The van der Waals surface area contributed by atoms with Gasteiger partial charge in [0.25, 0.3) is 5.91 Å². The Morgan fingerprint density at radius 2 is 2.00 bits per heavy atom. The lowest BCUT2D eigenvalue weighted by atomic mass is 10.1. The zero-order valence-electron chi connectivity index (χ0n) is 9.73. The molecule has 0 aromatic heterocycles. The highest BCUT2D eigenvalue weighted by Crippen LogP contribution is 2.34. The second kappa shape index (κ2) is 4.54. The van der Waals surface area contributed by atoms with Gasteiger partial charge in [-0.25, -0.2) is 4.39 Å². The molecule has 1 amide bonds. The number of hydrogen-bond acceptors (Lipinski definition) is 2. The molecule has 1 aliphatic heterocycles. The number of thiol groups is 1. The third kappa shape index (κ3) is 2.01. The van der Waals surface area contributed by atoms with Crippen molar-refractivity contribution in [2.75, 3.05) is 4.90 Å². The van der Waals surface area contributed by atoms with Gasteiger partial charge < -0.3 is 4.90 Å². The minimum Gasteiger partial charge on any atom is -0.301 e. The van der Waals surface area contributed by atoms with Gasteiger partial charge in [-0.3, -0.25) is 4.79 Å². The molecule has 2 nitrogen and oxygen atoms in total. The highest BCUT2D eigenvalue weighted by Gasteiger charge is 2.30. The van der Waals surface area contributed by atoms with Crippen molar-refractivity contribution in [1.29, 1.82) is 0 Å². The Balaban J connectivity index is 2.07. The summed E-state index contributed by atoms with van der Waals surface area (Å²) in [5.41, 5.74) is 1.70. The van der Waals surface area contributed by atoms with E-state index in [0.29, 0.717) is 17.0 Å². The minimum atomic E-state index is -0.524. The molecule has 0 fully saturated rings. The monoisotopic (exact) mass is 293 g/mol. The number of rotatable bonds is 1. The van der Waals surface area contributed by atoms with E-state index in [1.54, 1.807) is 12.1 Å². The molecular formula is C14H9ClFNOS. The SMILES string of the molecule is O=C1c2ccccc2CN1c1cc(S)c(Cl)cc1F. The molecule has 1 aliphatic rings. The average molecular weight is 294 g/mol. The number of anilines is 1. The summed E-state index contributed by atoms with van der Waals surface area (Å²) in [7, 11) is 0. The number of halogens is 2. The van der Waals surface area contributed by atoms with Gasteiger partial charge in [-0.1, -0.05) is 29.8 Å². The summed E-state index contributed by atoms with van der Waals surface area (Å²) >= 11 is 9.96. The first-order chi connectivity index (χ1) is 9.08. The predicted molar refractivity (Wildman–Crippen MR) is 75.6 cm³/mol. The van der Waals surface area contributed by atoms with Crippen LogP contribution in [0.25, 0.3) is 0 Å². The third-order valence-corrected chi connectivity index (χ3v) is 3.94. The van der Waals surface area contributed by atoms with Crippen molar-refractivity contribution in [3.63, 3.8) is 0 Å². The molecule has 19 heavy (non-hydrogen) atoms. The molecule has 0 N–H and O–H groups in total. The number of benzene rings is 2. The number of amides is 1. The Labute approximate surface area is 120 Å². The van der Waals surface area contributed by atoms with Crippen molar-refractivity contribution >= 4 is 35.8 Å². The summed E-state index contributed by atoms with van der Waals surface area (Å²) in [6.07, 6.45) is 0. The Morgan fingerprint density at radius 1 is 1.26 bits per heavy atom. The fourth-order valence-electron chi connectivity index (χ4n) is 2.18. The molecule has 0 bridgehead atoms. The maximum absolute atomic E-state index is 14.0. The van der Waals surface area contributed by atoms with Crippen LogP contribution < -0.4 is 4.90 Å². The second-order valence-corrected chi connectivity index (χ2v) is 5.19. The van der Waals surface area contributed by atoms with Gasteiger partial charge in [0, 0.05) is 10.5 Å². The van der Waals surface area contributed by atoms with E-state index in [1.807, 2.05) is 12.1 Å². The largest absolute Gasteiger partial charge is 0.301 e. The van der Waals surface area contributed by atoms with Gasteiger partial charge in [-0.05, 0) is 23.8 Å². The minimum absolute atomic E-state index is 0.204. The van der Waals surface area contributed by atoms with Crippen molar-refractivity contribution in [2.45, 2.75) is 11.4 Å². The molecule has 0 saturated heterocycles. The highest BCUT2D eigenvalue weighted by atomic mass is 35.5. The van der Waals surface area contributed by atoms with Gasteiger partial charge in [0.1, 0.15) is 5.82 Å². The zero-order valence-corrected chi connectivity index (χ0v) is 11.4. The van der Waals surface area contributed by atoms with Gasteiger partial charge in [0.2, 0.25) is 0 Å². The smallest absolute Gasteiger partial charge is 0.259 e. The molecule has 2 aromatic rings. The Kier molecular flexibility index (Phi) is 2.99. The molecule has 2 aromatic carbocycles. The first-order valence-electron chi connectivity index (χ1n) is 5.65. The topological polar surface area (TPSA) is 20.3 Å². The maximum Gasteiger partial charge on any atom is 0.259 e. The van der Waals surface area contributed by atoms with E-state index in [4.69, 9.17) is 11.6 Å². The summed E-state index contributed by atoms with van der Waals surface area (Å²) in [5, 5.41) is 0.230. The quantitative estimate of drug-likeness (QED) is 0.790. The van der Waals surface area contributed by atoms with E-state index >= 15 is 0 Å². The van der Waals surface area contributed by atoms with Crippen LogP contribution >= 0.6 is 24.2 Å². The third-order valence-electron chi connectivity index (χ3n) is 3.13. The first-order valence-corrected chi connectivity index (χ1v) is 6.48. The molecule has 0 saturated carbocycles. The van der Waals surface area contributed by atoms with Crippen molar-refractivity contribution in [1.82, 2.24) is 0 Å². The lowest BCUT2D eigenvalue weighted by Crippen LogP contribution is -2.24. The Hall–Kier alpha value is -1.52. The average Bonchev–Trinajstić information content (AvgIpc) is 2.72. The second-order valence-electron chi connectivity index (χ2n) is 4.30. The van der Waals surface area contributed by atoms with E-state index in [9.17, 15) is 9.18 Å². The van der Waals surface area contributed by atoms with Crippen LogP contribution in [0.1, 0.15) is 15.9 Å². The molecule has 1 heterocycles. The molecule has 0 spiro atoms. The lowest BCUT2D eigenvalue weighted by Gasteiger charge is -2.17. The van der Waals surface area contributed by atoms with Crippen molar-refractivity contribution in [3.8, 4) is 0 Å². The summed E-state index contributed by atoms with van der Waals surface area (Å²) in [5.74, 6) is -0.728. The van der Waals surface area contributed by atoms with Crippen LogP contribution in [0.3, 0.4) is 0 Å². The van der Waals surface area contributed by atoms with Gasteiger partial charge in [0.05, 0.1) is 17.3 Å². The summed E-state index contributed by atoms with van der Waals surface area (Å²) in [4.78, 5) is 14.1. The molecular weight excluding hydrogens is 285 g/mol. The summed E-state index contributed by atoms with van der Waals surface area (Å²) < 4.78 is 14.0. The van der Waals surface area contributed by atoms with E-state index in [2.05, 4.69) is 12.6 Å². The molecule has 0 aliphatic carbocycles. The van der Waals surface area contributed by atoms with Crippen LogP contribution in [0.2, 0.25) is 5.02 Å². The Bertz CT molecular complexity index is 689. The van der Waals surface area contributed by atoms with Crippen LogP contribution in [-0.2, 0) is 6.54 Å². The number of nitrogens with zero attached hydrogens (tertiary/aromatic N) is 1. The number of hydrogen-bond donors (Lipinski definition) is 1. The fraction of sp³-hybridized carbons (Fsp3) is 0.0714. The molecule has 0 unspecified atom stereocenters. The van der Waals surface area contributed by atoms with E-state index in [-0.39, 0.29) is 16.6 Å². The maximum atomic E-state index is 14.0. The van der Waals surface area contributed by atoms with Crippen LogP contribution in [0.15, 0.2) is 41.3 Å². The van der Waals surface area contributed by atoms with Crippen LogP contribution in [-0.4, -0.2) is 5.91 Å². The van der Waals surface area contributed by atoms with Crippen molar-refractivity contribution < 1.29 is 9.18 Å². The molecule has 5 heteroatoms. The van der Waals surface area contributed by atoms with E-state index in [0.717, 1.165) is 5.56 Å². The fourth-order valence-corrected chi connectivity index (χ4v) is 2.52.